The topological polar surface area (TPSA) is 85.0 Å². The highest BCUT2D eigenvalue weighted by atomic mass is 16.2. The van der Waals surface area contributed by atoms with Gasteiger partial charge in [0, 0.05) is 37.9 Å². The zero-order valence-electron chi connectivity index (χ0n) is 16.6. The normalized spacial score (nSPS) is 19.8. The van der Waals surface area contributed by atoms with Crippen LogP contribution in [0.1, 0.15) is 39.0 Å². The van der Waals surface area contributed by atoms with E-state index in [0.717, 1.165) is 30.8 Å². The third-order valence-corrected chi connectivity index (χ3v) is 5.95. The second-order valence-corrected chi connectivity index (χ2v) is 7.59. The molecule has 1 saturated carbocycles. The van der Waals surface area contributed by atoms with Crippen molar-refractivity contribution in [2.45, 2.75) is 51.1 Å². The number of hydrogen-bond acceptors (Lipinski definition) is 6. The Bertz CT molecular complexity index is 1020. The standard InChI is InChI=1S/C20H24N8O/c1-3-15-18(29)25(2)16-13-22-19(24-17(16)28(15)14-7-4-5-8-14)26-12-10-21-20(26)27-11-6-9-23-27/h6,9-15H,3-5,7-8H2,1-2H3/t15-/m1/s1. The lowest BCUT2D eigenvalue weighted by Gasteiger charge is -2.43. The summed E-state index contributed by atoms with van der Waals surface area (Å²) in [6.45, 7) is 2.07. The molecular weight excluding hydrogens is 368 g/mol. The van der Waals surface area contributed by atoms with Gasteiger partial charge in [-0.2, -0.15) is 10.1 Å². The summed E-state index contributed by atoms with van der Waals surface area (Å²) < 4.78 is 3.50. The lowest BCUT2D eigenvalue weighted by Crippen LogP contribution is -2.55. The van der Waals surface area contributed by atoms with Crippen LogP contribution in [0, 0.1) is 0 Å². The summed E-state index contributed by atoms with van der Waals surface area (Å²) in [6, 6.07) is 2.00. The Labute approximate surface area is 169 Å². The van der Waals surface area contributed by atoms with Crippen LogP contribution in [0.2, 0.25) is 0 Å². The van der Waals surface area contributed by atoms with Crippen LogP contribution in [0.25, 0.3) is 11.9 Å². The van der Waals surface area contributed by atoms with Gasteiger partial charge in [0.1, 0.15) is 11.7 Å². The molecule has 0 aromatic carbocycles. The summed E-state index contributed by atoms with van der Waals surface area (Å²) in [5.41, 5.74) is 0.760. The van der Waals surface area contributed by atoms with Gasteiger partial charge in [-0.25, -0.2) is 14.6 Å². The van der Waals surface area contributed by atoms with E-state index in [1.54, 1.807) is 28.2 Å². The molecule has 9 nitrogen and oxygen atoms in total. The molecule has 0 unspecified atom stereocenters. The molecule has 1 fully saturated rings. The maximum absolute atomic E-state index is 13.0. The summed E-state index contributed by atoms with van der Waals surface area (Å²) in [7, 11) is 1.81. The Morgan fingerprint density at radius 2 is 1.97 bits per heavy atom. The van der Waals surface area contributed by atoms with Gasteiger partial charge in [0.25, 0.3) is 0 Å². The predicted octanol–water partition coefficient (Wildman–Crippen LogP) is 2.35. The summed E-state index contributed by atoms with van der Waals surface area (Å²) in [6.07, 6.45) is 14.2. The molecule has 2 aliphatic rings. The molecule has 150 valence electrons. The fraction of sp³-hybridized carbons (Fsp3) is 0.450. The largest absolute Gasteiger partial charge is 0.340 e. The van der Waals surface area contributed by atoms with Crippen LogP contribution in [-0.2, 0) is 4.79 Å². The van der Waals surface area contributed by atoms with Gasteiger partial charge in [-0.3, -0.25) is 9.36 Å². The van der Waals surface area contributed by atoms with E-state index in [1.807, 2.05) is 30.1 Å². The summed E-state index contributed by atoms with van der Waals surface area (Å²) in [5.74, 6) is 2.08. The first-order valence-corrected chi connectivity index (χ1v) is 10.2. The molecule has 1 amide bonds. The summed E-state index contributed by atoms with van der Waals surface area (Å²) >= 11 is 0. The molecule has 4 heterocycles. The summed E-state index contributed by atoms with van der Waals surface area (Å²) in [4.78, 5) is 30.9. The van der Waals surface area contributed by atoms with Crippen molar-refractivity contribution >= 4 is 17.4 Å². The molecule has 9 heteroatoms. The van der Waals surface area contributed by atoms with E-state index in [1.165, 1.54) is 12.8 Å². The van der Waals surface area contributed by atoms with Crippen LogP contribution >= 0.6 is 0 Å². The van der Waals surface area contributed by atoms with E-state index in [0.29, 0.717) is 17.9 Å². The molecule has 1 aliphatic heterocycles. The van der Waals surface area contributed by atoms with Crippen LogP contribution in [0.3, 0.4) is 0 Å². The number of hydrogen-bond donors (Lipinski definition) is 0. The predicted molar refractivity (Wildman–Crippen MR) is 109 cm³/mol. The van der Waals surface area contributed by atoms with Crippen molar-refractivity contribution in [1.29, 1.82) is 0 Å². The van der Waals surface area contributed by atoms with Gasteiger partial charge in [0.05, 0.1) is 6.20 Å². The minimum atomic E-state index is -0.188. The molecule has 0 N–H and O–H groups in total. The van der Waals surface area contributed by atoms with E-state index in [4.69, 9.17) is 4.98 Å². The number of nitrogens with zero attached hydrogens (tertiary/aromatic N) is 8. The van der Waals surface area contributed by atoms with Gasteiger partial charge in [-0.1, -0.05) is 19.8 Å². The molecule has 0 spiro atoms. The van der Waals surface area contributed by atoms with Crippen LogP contribution in [0.15, 0.2) is 37.1 Å². The molecule has 5 rings (SSSR count). The molecule has 1 aliphatic carbocycles. The number of carbonyl (C=O) groups is 1. The monoisotopic (exact) mass is 392 g/mol. The van der Waals surface area contributed by atoms with Crippen molar-refractivity contribution in [2.75, 3.05) is 16.8 Å². The molecule has 0 bridgehead atoms. The fourth-order valence-corrected chi connectivity index (χ4v) is 4.50. The number of rotatable bonds is 4. The van der Waals surface area contributed by atoms with Crippen LogP contribution in [0.4, 0.5) is 11.5 Å². The third kappa shape index (κ3) is 2.80. The highest BCUT2D eigenvalue weighted by Gasteiger charge is 2.41. The van der Waals surface area contributed by atoms with Crippen molar-refractivity contribution in [1.82, 2.24) is 29.3 Å². The Hall–Kier alpha value is -3.23. The molecule has 0 radical (unpaired) electrons. The van der Waals surface area contributed by atoms with Gasteiger partial charge >= 0.3 is 0 Å². The number of anilines is 2. The minimum Gasteiger partial charge on any atom is -0.340 e. The first kappa shape index (κ1) is 17.8. The molecule has 29 heavy (non-hydrogen) atoms. The zero-order chi connectivity index (χ0) is 20.0. The number of aromatic nitrogens is 6. The first-order chi connectivity index (χ1) is 14.2. The second kappa shape index (κ2) is 6.98. The molecular formula is C20H24N8O. The maximum atomic E-state index is 13.0. The van der Waals surface area contributed by atoms with E-state index in [9.17, 15) is 4.79 Å². The van der Waals surface area contributed by atoms with Crippen molar-refractivity contribution in [3.05, 3.63) is 37.1 Å². The van der Waals surface area contributed by atoms with E-state index < -0.39 is 0 Å². The van der Waals surface area contributed by atoms with Crippen LogP contribution in [0.5, 0.6) is 0 Å². The number of carbonyl (C=O) groups excluding carboxylic acids is 1. The van der Waals surface area contributed by atoms with Crippen LogP contribution < -0.4 is 9.80 Å². The Balaban J connectivity index is 1.64. The van der Waals surface area contributed by atoms with Crippen LogP contribution in [-0.4, -0.2) is 54.3 Å². The van der Waals surface area contributed by atoms with E-state index in [-0.39, 0.29) is 11.9 Å². The van der Waals surface area contributed by atoms with Crippen molar-refractivity contribution in [3.63, 3.8) is 0 Å². The fourth-order valence-electron chi connectivity index (χ4n) is 4.50. The molecule has 1 atom stereocenters. The van der Waals surface area contributed by atoms with Gasteiger partial charge in [-0.05, 0) is 25.3 Å². The van der Waals surface area contributed by atoms with Crippen molar-refractivity contribution in [3.8, 4) is 11.9 Å². The molecule has 0 saturated heterocycles. The van der Waals surface area contributed by atoms with E-state index >= 15 is 0 Å². The lowest BCUT2D eigenvalue weighted by atomic mass is 10.0. The SMILES string of the molecule is CC[C@@H]1C(=O)N(C)c2cnc(-n3ccnc3-n3cccn3)nc2N1C1CCCC1. The second-order valence-electron chi connectivity index (χ2n) is 7.59. The van der Waals surface area contributed by atoms with Crippen molar-refractivity contribution < 1.29 is 4.79 Å². The zero-order valence-corrected chi connectivity index (χ0v) is 16.6. The highest BCUT2D eigenvalue weighted by molar-refractivity contribution is 6.04. The number of fused-ring (bicyclic) bond motifs is 1. The number of likely N-dealkylation sites (N-methyl/N-ethyl adjacent to an activating group) is 1. The lowest BCUT2D eigenvalue weighted by molar-refractivity contribution is -0.120. The Morgan fingerprint density at radius 1 is 1.14 bits per heavy atom. The molecule has 3 aromatic rings. The average molecular weight is 392 g/mol. The van der Waals surface area contributed by atoms with Gasteiger partial charge in [-0.15, -0.1) is 0 Å². The Morgan fingerprint density at radius 3 is 2.69 bits per heavy atom. The maximum Gasteiger partial charge on any atom is 0.249 e. The van der Waals surface area contributed by atoms with Crippen molar-refractivity contribution in [2.24, 2.45) is 0 Å². The quantitative estimate of drug-likeness (QED) is 0.678. The molecule has 3 aromatic heterocycles. The van der Waals surface area contributed by atoms with Gasteiger partial charge in [0.15, 0.2) is 5.82 Å². The third-order valence-electron chi connectivity index (χ3n) is 5.95. The average Bonchev–Trinajstić information content (AvgIpc) is 3.51. The smallest absolute Gasteiger partial charge is 0.249 e. The summed E-state index contributed by atoms with van der Waals surface area (Å²) in [5, 5.41) is 4.27. The number of amides is 1. The first-order valence-electron chi connectivity index (χ1n) is 10.2. The Kier molecular flexibility index (Phi) is 4.30. The highest BCUT2D eigenvalue weighted by Crippen LogP contribution is 2.39. The number of imidazole rings is 1. The van der Waals surface area contributed by atoms with Gasteiger partial charge in [0.2, 0.25) is 17.8 Å². The van der Waals surface area contributed by atoms with Gasteiger partial charge < -0.3 is 9.80 Å². The minimum absolute atomic E-state index is 0.114. The van der Waals surface area contributed by atoms with E-state index in [2.05, 4.69) is 26.9 Å².